The first-order valence-corrected chi connectivity index (χ1v) is 11.8. The average Bonchev–Trinajstić information content (AvgIpc) is 3.29. The van der Waals surface area contributed by atoms with Crippen molar-refractivity contribution in [2.45, 2.75) is 32.2 Å². The van der Waals surface area contributed by atoms with E-state index in [1.54, 1.807) is 6.20 Å². The van der Waals surface area contributed by atoms with Gasteiger partial charge in [-0.2, -0.15) is 10.2 Å². The Kier molecular flexibility index (Phi) is 5.41. The Hall–Kier alpha value is -2.30. The van der Waals surface area contributed by atoms with Crippen LogP contribution in [0.4, 0.5) is 0 Å². The van der Waals surface area contributed by atoms with Gasteiger partial charge in [-0.3, -0.25) is 14.3 Å². The van der Waals surface area contributed by atoms with Crippen LogP contribution in [0.1, 0.15) is 35.7 Å². The zero-order valence-electron chi connectivity index (χ0n) is 16.4. The van der Waals surface area contributed by atoms with Gasteiger partial charge in [-0.1, -0.05) is 29.8 Å². The predicted molar refractivity (Wildman–Crippen MR) is 113 cm³/mol. The van der Waals surface area contributed by atoms with Gasteiger partial charge in [0, 0.05) is 25.2 Å². The van der Waals surface area contributed by atoms with Crippen molar-refractivity contribution < 1.29 is 8.42 Å². The molecule has 29 heavy (non-hydrogen) atoms. The van der Waals surface area contributed by atoms with Crippen LogP contribution >= 0.6 is 12.2 Å². The van der Waals surface area contributed by atoms with Gasteiger partial charge in [0.15, 0.2) is 4.77 Å². The molecule has 1 aliphatic rings. The topological polar surface area (TPSA) is 88.8 Å². The van der Waals surface area contributed by atoms with Crippen molar-refractivity contribution in [1.29, 1.82) is 0 Å². The molecular formula is C19H24N6O2S2. The number of hydrogen-bond acceptors (Lipinski definition) is 5. The fourth-order valence-corrected chi connectivity index (χ4v) is 4.88. The third-order valence-corrected chi connectivity index (χ3v) is 6.80. The van der Waals surface area contributed by atoms with E-state index in [1.165, 1.54) is 16.1 Å². The molecule has 1 saturated heterocycles. The number of aromatic amines is 1. The van der Waals surface area contributed by atoms with Crippen molar-refractivity contribution in [2.75, 3.05) is 19.3 Å². The normalized spacial score (nSPS) is 18.2. The van der Waals surface area contributed by atoms with Gasteiger partial charge in [0.2, 0.25) is 10.0 Å². The summed E-state index contributed by atoms with van der Waals surface area (Å²) in [6.45, 7) is 3.69. The number of rotatable bonds is 5. The lowest BCUT2D eigenvalue weighted by Crippen LogP contribution is -2.39. The summed E-state index contributed by atoms with van der Waals surface area (Å²) in [7, 11) is -3.23. The molecule has 0 spiro atoms. The monoisotopic (exact) mass is 432 g/mol. The molecular weight excluding hydrogens is 408 g/mol. The van der Waals surface area contributed by atoms with Crippen LogP contribution < -0.4 is 0 Å². The Morgan fingerprint density at radius 3 is 2.76 bits per heavy atom. The zero-order chi connectivity index (χ0) is 20.6. The highest BCUT2D eigenvalue weighted by atomic mass is 32.2. The Morgan fingerprint density at radius 1 is 1.28 bits per heavy atom. The molecule has 0 amide bonds. The highest BCUT2D eigenvalue weighted by Crippen LogP contribution is 2.28. The molecule has 3 aromatic rings. The molecule has 0 saturated carbocycles. The fourth-order valence-electron chi connectivity index (χ4n) is 3.72. The van der Waals surface area contributed by atoms with E-state index in [9.17, 15) is 8.42 Å². The SMILES string of the molecule is Cc1ccc(Cn2cc(-n3c(C4CCCN(S(C)(=O)=O)C4)n[nH]c3=S)cn2)cc1. The second-order valence-corrected chi connectivity index (χ2v) is 9.93. The Morgan fingerprint density at radius 2 is 2.03 bits per heavy atom. The van der Waals surface area contributed by atoms with Gasteiger partial charge in [-0.05, 0) is 37.5 Å². The third-order valence-electron chi connectivity index (χ3n) is 5.26. The second kappa shape index (κ2) is 7.85. The van der Waals surface area contributed by atoms with Gasteiger partial charge in [-0.15, -0.1) is 0 Å². The zero-order valence-corrected chi connectivity index (χ0v) is 18.1. The Bertz CT molecular complexity index is 1160. The molecule has 1 atom stereocenters. The number of H-pyrrole nitrogens is 1. The molecule has 1 fully saturated rings. The maximum Gasteiger partial charge on any atom is 0.211 e. The number of aryl methyl sites for hydroxylation is 1. The highest BCUT2D eigenvalue weighted by Gasteiger charge is 2.30. The smallest absolute Gasteiger partial charge is 0.211 e. The van der Waals surface area contributed by atoms with Gasteiger partial charge >= 0.3 is 0 Å². The number of sulfonamides is 1. The number of hydrogen-bond donors (Lipinski definition) is 1. The molecule has 10 heteroatoms. The first kappa shape index (κ1) is 20.0. The van der Waals surface area contributed by atoms with Crippen LogP contribution in [0.2, 0.25) is 0 Å². The van der Waals surface area contributed by atoms with Crippen LogP contribution in [-0.2, 0) is 16.6 Å². The number of benzene rings is 1. The van der Waals surface area contributed by atoms with E-state index < -0.39 is 10.0 Å². The summed E-state index contributed by atoms with van der Waals surface area (Å²) in [6.07, 6.45) is 6.61. The lowest BCUT2D eigenvalue weighted by atomic mass is 9.99. The minimum absolute atomic E-state index is 0.0214. The van der Waals surface area contributed by atoms with Crippen LogP contribution in [0.5, 0.6) is 0 Å². The molecule has 0 aliphatic carbocycles. The van der Waals surface area contributed by atoms with Crippen molar-refractivity contribution in [2.24, 2.45) is 0 Å². The van der Waals surface area contributed by atoms with Crippen LogP contribution in [0.25, 0.3) is 5.69 Å². The maximum absolute atomic E-state index is 12.0. The quantitative estimate of drug-likeness (QED) is 0.626. The van der Waals surface area contributed by atoms with E-state index >= 15 is 0 Å². The van der Waals surface area contributed by atoms with Crippen LogP contribution in [0.3, 0.4) is 0 Å². The Balaban J connectivity index is 1.60. The average molecular weight is 433 g/mol. The van der Waals surface area contributed by atoms with Gasteiger partial charge in [0.25, 0.3) is 0 Å². The molecule has 4 rings (SSSR count). The lowest BCUT2D eigenvalue weighted by Gasteiger charge is -2.30. The van der Waals surface area contributed by atoms with Crippen molar-refractivity contribution in [3.8, 4) is 5.69 Å². The summed E-state index contributed by atoms with van der Waals surface area (Å²) in [5.41, 5.74) is 3.21. The highest BCUT2D eigenvalue weighted by molar-refractivity contribution is 7.88. The molecule has 0 bridgehead atoms. The number of nitrogens with one attached hydrogen (secondary N) is 1. The molecule has 1 N–H and O–H groups in total. The van der Waals surface area contributed by atoms with E-state index in [2.05, 4.69) is 46.5 Å². The molecule has 1 aliphatic heterocycles. The summed E-state index contributed by atoms with van der Waals surface area (Å²) >= 11 is 5.46. The third kappa shape index (κ3) is 4.34. The minimum atomic E-state index is -3.23. The molecule has 1 aromatic carbocycles. The Labute approximate surface area is 175 Å². The standard InChI is InChI=1S/C19H24N6O2S2/c1-14-5-7-15(8-6-14)11-23-13-17(10-20-23)25-18(21-22-19(25)28)16-4-3-9-24(12-16)29(2,26)27/h5-8,10,13,16H,3-4,9,11-12H2,1-2H3,(H,22,28). The first-order chi connectivity index (χ1) is 13.8. The first-order valence-electron chi connectivity index (χ1n) is 9.52. The number of piperidine rings is 1. The maximum atomic E-state index is 12.0. The van der Waals surface area contributed by atoms with E-state index in [-0.39, 0.29) is 5.92 Å². The second-order valence-electron chi connectivity index (χ2n) is 7.56. The molecule has 2 aromatic heterocycles. The van der Waals surface area contributed by atoms with E-state index in [0.717, 1.165) is 29.9 Å². The van der Waals surface area contributed by atoms with Crippen molar-refractivity contribution in [3.05, 3.63) is 58.4 Å². The van der Waals surface area contributed by atoms with Crippen molar-refractivity contribution >= 4 is 22.2 Å². The molecule has 154 valence electrons. The molecule has 1 unspecified atom stereocenters. The summed E-state index contributed by atoms with van der Waals surface area (Å²) in [4.78, 5) is 0. The van der Waals surface area contributed by atoms with Crippen LogP contribution in [-0.4, -0.2) is 56.6 Å². The molecule has 3 heterocycles. The largest absolute Gasteiger partial charge is 0.269 e. The van der Waals surface area contributed by atoms with Crippen molar-refractivity contribution in [1.82, 2.24) is 28.9 Å². The summed E-state index contributed by atoms with van der Waals surface area (Å²) < 4.78 is 29.7. The molecule has 8 nitrogen and oxygen atoms in total. The van der Waals surface area contributed by atoms with Crippen molar-refractivity contribution in [3.63, 3.8) is 0 Å². The van der Waals surface area contributed by atoms with Gasteiger partial charge in [-0.25, -0.2) is 12.7 Å². The lowest BCUT2D eigenvalue weighted by molar-refractivity contribution is 0.309. The predicted octanol–water partition coefficient (Wildman–Crippen LogP) is 2.62. The summed E-state index contributed by atoms with van der Waals surface area (Å²) in [5, 5.41) is 11.8. The fraction of sp³-hybridized carbons (Fsp3) is 0.421. The van der Waals surface area contributed by atoms with Crippen LogP contribution in [0, 0.1) is 11.7 Å². The van der Waals surface area contributed by atoms with E-state index in [1.807, 2.05) is 15.4 Å². The van der Waals surface area contributed by atoms with Gasteiger partial charge < -0.3 is 0 Å². The minimum Gasteiger partial charge on any atom is -0.269 e. The number of nitrogens with zero attached hydrogens (tertiary/aromatic N) is 5. The van der Waals surface area contributed by atoms with Gasteiger partial charge in [0.05, 0.1) is 24.7 Å². The van der Waals surface area contributed by atoms with Crippen LogP contribution in [0.15, 0.2) is 36.7 Å². The summed E-state index contributed by atoms with van der Waals surface area (Å²) in [5.74, 6) is 0.727. The number of aromatic nitrogens is 5. The van der Waals surface area contributed by atoms with E-state index in [0.29, 0.717) is 24.4 Å². The molecule has 0 radical (unpaired) electrons. The van der Waals surface area contributed by atoms with Gasteiger partial charge in [0.1, 0.15) is 5.82 Å². The van der Waals surface area contributed by atoms with E-state index in [4.69, 9.17) is 12.2 Å². The summed E-state index contributed by atoms with van der Waals surface area (Å²) in [6, 6.07) is 8.35.